The Morgan fingerprint density at radius 3 is 2.70 bits per heavy atom. The average molecular weight is 301 g/mol. The van der Waals surface area contributed by atoms with Crippen molar-refractivity contribution in [2.45, 2.75) is 11.8 Å². The van der Waals surface area contributed by atoms with Gasteiger partial charge in [0.1, 0.15) is 5.82 Å². The first-order valence-electron chi connectivity index (χ1n) is 5.15. The molecule has 0 bridgehead atoms. The Labute approximate surface area is 112 Å². The number of sulfonamides is 1. The van der Waals surface area contributed by atoms with E-state index in [0.717, 1.165) is 6.07 Å². The third kappa shape index (κ3) is 2.71. The van der Waals surface area contributed by atoms with Crippen molar-refractivity contribution in [3.63, 3.8) is 0 Å². The molecule has 2 N–H and O–H groups in total. The fourth-order valence-corrected chi connectivity index (χ4v) is 2.33. The van der Waals surface area contributed by atoms with Gasteiger partial charge in [-0.05, 0) is 19.1 Å². The molecular weight excluding hydrogens is 293 g/mol. The number of rotatable bonds is 4. The van der Waals surface area contributed by atoms with E-state index in [1.807, 2.05) is 4.72 Å². The number of nitro groups is 1. The number of hydrogen-bond acceptors (Lipinski definition) is 6. The molecule has 11 heteroatoms. The Kier molecular flexibility index (Phi) is 3.36. The van der Waals surface area contributed by atoms with Crippen LogP contribution in [0, 0.1) is 22.9 Å². The first-order chi connectivity index (χ1) is 9.29. The van der Waals surface area contributed by atoms with Gasteiger partial charge in [0, 0.05) is 6.07 Å². The second kappa shape index (κ2) is 4.85. The summed E-state index contributed by atoms with van der Waals surface area (Å²) in [6.45, 7) is 1.56. The highest BCUT2D eigenvalue weighted by Gasteiger charge is 2.22. The predicted octanol–water partition coefficient (Wildman–Crippen LogP) is 0.961. The fourth-order valence-electron chi connectivity index (χ4n) is 1.37. The van der Waals surface area contributed by atoms with Gasteiger partial charge in [-0.1, -0.05) is 0 Å². The molecule has 0 unspecified atom stereocenters. The lowest BCUT2D eigenvalue weighted by atomic mass is 10.3. The number of nitro benzene ring substituents is 1. The van der Waals surface area contributed by atoms with Crippen molar-refractivity contribution in [1.29, 1.82) is 0 Å². The number of aromatic amines is 1. The molecule has 0 fully saturated rings. The fraction of sp³-hybridized carbons (Fsp3) is 0.111. The molecule has 0 saturated carbocycles. The minimum atomic E-state index is -4.14. The van der Waals surface area contributed by atoms with Crippen LogP contribution in [0.25, 0.3) is 0 Å². The number of aromatic nitrogens is 3. The Balaban J connectivity index is 2.39. The largest absolute Gasteiger partial charge is 0.306 e. The molecule has 1 heterocycles. The lowest BCUT2D eigenvalue weighted by Crippen LogP contribution is -2.14. The van der Waals surface area contributed by atoms with Gasteiger partial charge in [0.2, 0.25) is 5.82 Å². The van der Waals surface area contributed by atoms with Gasteiger partial charge >= 0.3 is 5.69 Å². The molecule has 9 nitrogen and oxygen atoms in total. The van der Waals surface area contributed by atoms with Crippen LogP contribution in [0.2, 0.25) is 0 Å². The Hall–Kier alpha value is -2.56. The maximum Gasteiger partial charge on any atom is 0.306 e. The zero-order valence-electron chi connectivity index (χ0n) is 9.99. The molecule has 0 aliphatic carbocycles. The molecule has 106 valence electrons. The maximum absolute atomic E-state index is 13.2. The number of H-pyrrole nitrogens is 1. The number of halogens is 1. The number of nitrogens with one attached hydrogen (secondary N) is 2. The Bertz CT molecular complexity index is 772. The monoisotopic (exact) mass is 301 g/mol. The third-order valence-electron chi connectivity index (χ3n) is 2.25. The van der Waals surface area contributed by atoms with Crippen molar-refractivity contribution in [2.75, 3.05) is 4.72 Å². The SMILES string of the molecule is Cc1nc(NS(=O)(=O)c2ccc(F)c([N+](=O)[O-])c2)n[nH]1. The molecule has 1 aromatic heterocycles. The second-order valence-electron chi connectivity index (χ2n) is 3.72. The van der Waals surface area contributed by atoms with Gasteiger partial charge in [-0.3, -0.25) is 15.2 Å². The van der Waals surface area contributed by atoms with E-state index in [4.69, 9.17) is 0 Å². The van der Waals surface area contributed by atoms with Crippen molar-refractivity contribution in [1.82, 2.24) is 15.2 Å². The molecule has 2 rings (SSSR count). The molecule has 0 amide bonds. The number of nitrogens with zero attached hydrogens (tertiary/aromatic N) is 3. The van der Waals surface area contributed by atoms with Crippen LogP contribution in [-0.2, 0) is 10.0 Å². The van der Waals surface area contributed by atoms with Gasteiger partial charge < -0.3 is 0 Å². The molecule has 1 aromatic carbocycles. The van der Waals surface area contributed by atoms with Crippen LogP contribution in [0.4, 0.5) is 16.0 Å². The standard InChI is InChI=1S/C9H8FN5O4S/c1-5-11-9(13-12-5)14-20(18,19)6-2-3-7(10)8(4-6)15(16)17/h2-4H,1H3,(H2,11,12,13,14). The van der Waals surface area contributed by atoms with Crippen molar-refractivity contribution in [3.05, 3.63) is 40.0 Å². The van der Waals surface area contributed by atoms with E-state index in [1.165, 1.54) is 0 Å². The van der Waals surface area contributed by atoms with Crippen LogP contribution < -0.4 is 4.72 Å². The minimum Gasteiger partial charge on any atom is -0.261 e. The molecule has 2 aromatic rings. The molecule has 0 aliphatic heterocycles. The predicted molar refractivity (Wildman–Crippen MR) is 65.0 cm³/mol. The normalized spacial score (nSPS) is 11.3. The van der Waals surface area contributed by atoms with E-state index in [-0.39, 0.29) is 5.95 Å². The van der Waals surface area contributed by atoms with Crippen molar-refractivity contribution >= 4 is 21.7 Å². The lowest BCUT2D eigenvalue weighted by Gasteiger charge is -2.04. The summed E-state index contributed by atoms with van der Waals surface area (Å²) >= 11 is 0. The van der Waals surface area contributed by atoms with Crippen molar-refractivity contribution < 1.29 is 17.7 Å². The van der Waals surface area contributed by atoms with Gasteiger partial charge in [0.25, 0.3) is 16.0 Å². The summed E-state index contributed by atoms with van der Waals surface area (Å²) in [5.41, 5.74) is -0.931. The lowest BCUT2D eigenvalue weighted by molar-refractivity contribution is -0.387. The third-order valence-corrected chi connectivity index (χ3v) is 3.57. The topological polar surface area (TPSA) is 131 Å². The summed E-state index contributed by atoms with van der Waals surface area (Å²) in [6, 6.07) is 2.23. The highest BCUT2D eigenvalue weighted by molar-refractivity contribution is 7.92. The van der Waals surface area contributed by atoms with Crippen LogP contribution in [-0.4, -0.2) is 28.5 Å². The van der Waals surface area contributed by atoms with Gasteiger partial charge in [0.15, 0.2) is 0 Å². The summed E-state index contributed by atoms with van der Waals surface area (Å²) < 4.78 is 39.1. The zero-order valence-corrected chi connectivity index (χ0v) is 10.8. The highest BCUT2D eigenvalue weighted by atomic mass is 32.2. The molecule has 0 aliphatic rings. The van der Waals surface area contributed by atoms with Crippen LogP contribution >= 0.6 is 0 Å². The van der Waals surface area contributed by atoms with E-state index in [9.17, 15) is 22.9 Å². The van der Waals surface area contributed by atoms with Crippen molar-refractivity contribution in [2.24, 2.45) is 0 Å². The Morgan fingerprint density at radius 1 is 1.45 bits per heavy atom. The average Bonchev–Trinajstić information content (AvgIpc) is 2.73. The van der Waals surface area contributed by atoms with E-state index in [2.05, 4.69) is 15.2 Å². The molecule has 20 heavy (non-hydrogen) atoms. The maximum atomic E-state index is 13.2. The molecule has 0 atom stereocenters. The smallest absolute Gasteiger partial charge is 0.261 e. The van der Waals surface area contributed by atoms with Gasteiger partial charge in [-0.2, -0.15) is 9.37 Å². The summed E-state index contributed by atoms with van der Waals surface area (Å²) in [6.07, 6.45) is 0. The molecule has 0 spiro atoms. The van der Waals surface area contributed by atoms with Gasteiger partial charge in [-0.25, -0.2) is 13.1 Å². The summed E-state index contributed by atoms with van der Waals surface area (Å²) in [7, 11) is -4.14. The highest BCUT2D eigenvalue weighted by Crippen LogP contribution is 2.22. The number of aryl methyl sites for hydroxylation is 1. The van der Waals surface area contributed by atoms with Crippen LogP contribution in [0.3, 0.4) is 0 Å². The van der Waals surface area contributed by atoms with E-state index < -0.39 is 31.3 Å². The number of benzene rings is 1. The van der Waals surface area contributed by atoms with Gasteiger partial charge in [0.05, 0.1) is 9.82 Å². The van der Waals surface area contributed by atoms with Gasteiger partial charge in [-0.15, -0.1) is 5.10 Å². The van der Waals surface area contributed by atoms with E-state index in [1.54, 1.807) is 6.92 Å². The number of hydrogen-bond donors (Lipinski definition) is 2. The summed E-state index contributed by atoms with van der Waals surface area (Å²) in [4.78, 5) is 12.8. The van der Waals surface area contributed by atoms with Crippen molar-refractivity contribution in [3.8, 4) is 0 Å². The second-order valence-corrected chi connectivity index (χ2v) is 5.40. The molecule has 0 radical (unpaired) electrons. The van der Waals surface area contributed by atoms with E-state index in [0.29, 0.717) is 18.0 Å². The number of anilines is 1. The first-order valence-corrected chi connectivity index (χ1v) is 6.63. The first kappa shape index (κ1) is 13.9. The summed E-state index contributed by atoms with van der Waals surface area (Å²) in [5, 5.41) is 16.6. The summed E-state index contributed by atoms with van der Waals surface area (Å²) in [5.74, 6) is -0.954. The van der Waals surface area contributed by atoms with Crippen LogP contribution in [0.1, 0.15) is 5.82 Å². The zero-order chi connectivity index (χ0) is 14.9. The minimum absolute atomic E-state index is 0.213. The van der Waals surface area contributed by atoms with Crippen LogP contribution in [0.5, 0.6) is 0 Å². The quantitative estimate of drug-likeness (QED) is 0.638. The molecule has 0 saturated heterocycles. The Morgan fingerprint density at radius 2 is 2.15 bits per heavy atom. The molecular formula is C9H8FN5O4S. The van der Waals surface area contributed by atoms with E-state index >= 15 is 0 Å². The van der Waals surface area contributed by atoms with Crippen LogP contribution in [0.15, 0.2) is 23.1 Å².